The molecule has 2 aliphatic carbocycles. The van der Waals surface area contributed by atoms with Gasteiger partial charge in [0.25, 0.3) is 0 Å². The minimum Gasteiger partial charge on any atom is -0.378 e. The van der Waals surface area contributed by atoms with Crippen molar-refractivity contribution in [1.29, 1.82) is 5.26 Å². The van der Waals surface area contributed by atoms with E-state index in [9.17, 15) is 4.39 Å². The first kappa shape index (κ1) is 22.0. The Balaban J connectivity index is 1.30. The molecule has 158 valence electrons. The van der Waals surface area contributed by atoms with E-state index in [1.807, 2.05) is 0 Å². The maximum absolute atomic E-state index is 12.9. The fourth-order valence-electron chi connectivity index (χ4n) is 5.04. The van der Waals surface area contributed by atoms with Crippen molar-refractivity contribution < 1.29 is 9.13 Å². The van der Waals surface area contributed by atoms with E-state index in [2.05, 4.69) is 31.2 Å². The first-order valence-corrected chi connectivity index (χ1v) is 11.6. The van der Waals surface area contributed by atoms with Gasteiger partial charge in [-0.15, -0.1) is 0 Å². The van der Waals surface area contributed by atoms with E-state index in [4.69, 9.17) is 10.00 Å². The van der Waals surface area contributed by atoms with E-state index in [1.165, 1.54) is 68.6 Å². The van der Waals surface area contributed by atoms with Crippen LogP contribution < -0.4 is 0 Å². The van der Waals surface area contributed by atoms with E-state index < -0.39 is 5.83 Å². The van der Waals surface area contributed by atoms with Crippen molar-refractivity contribution in [2.45, 2.75) is 89.6 Å². The zero-order chi connectivity index (χ0) is 20.5. The third kappa shape index (κ3) is 6.96. The van der Waals surface area contributed by atoms with Crippen molar-refractivity contribution in [3.63, 3.8) is 0 Å². The van der Waals surface area contributed by atoms with Gasteiger partial charge >= 0.3 is 0 Å². The molecule has 2 nitrogen and oxygen atoms in total. The highest BCUT2D eigenvalue weighted by molar-refractivity contribution is 5.25. The van der Waals surface area contributed by atoms with Crippen molar-refractivity contribution in [3.8, 4) is 6.07 Å². The molecule has 1 aromatic rings. The second-order valence-corrected chi connectivity index (χ2v) is 9.03. The number of rotatable bonds is 8. The molecule has 0 bridgehead atoms. The summed E-state index contributed by atoms with van der Waals surface area (Å²) in [6.07, 6.45) is 14.4. The van der Waals surface area contributed by atoms with Gasteiger partial charge in [0, 0.05) is 6.61 Å². The molecule has 3 rings (SSSR count). The zero-order valence-electron chi connectivity index (χ0n) is 17.9. The van der Waals surface area contributed by atoms with Gasteiger partial charge in [0.2, 0.25) is 0 Å². The lowest BCUT2D eigenvalue weighted by molar-refractivity contribution is -0.00474. The lowest BCUT2D eigenvalue weighted by atomic mass is 9.80. The smallest absolute Gasteiger partial charge is 0.196 e. The number of halogens is 1. The van der Waals surface area contributed by atoms with Crippen LogP contribution in [0.2, 0.25) is 0 Å². The fourth-order valence-corrected chi connectivity index (χ4v) is 5.04. The number of allylic oxidation sites excluding steroid dienone is 2. The number of benzene rings is 1. The Labute approximate surface area is 176 Å². The van der Waals surface area contributed by atoms with Crippen LogP contribution in [-0.4, -0.2) is 12.7 Å². The summed E-state index contributed by atoms with van der Waals surface area (Å²) in [6, 6.07) is 10.8. The quantitative estimate of drug-likeness (QED) is 0.433. The molecular formula is C26H36FNO. The van der Waals surface area contributed by atoms with Crippen LogP contribution in [0.25, 0.3) is 0 Å². The third-order valence-electron chi connectivity index (χ3n) is 7.07. The van der Waals surface area contributed by atoms with Crippen molar-refractivity contribution in [3.05, 3.63) is 47.3 Å². The number of ether oxygens (including phenoxy) is 1. The van der Waals surface area contributed by atoms with Gasteiger partial charge in [0.1, 0.15) is 6.07 Å². The van der Waals surface area contributed by atoms with Crippen LogP contribution in [0.4, 0.5) is 4.39 Å². The molecule has 0 spiro atoms. The van der Waals surface area contributed by atoms with E-state index in [1.54, 1.807) is 6.07 Å². The topological polar surface area (TPSA) is 33.0 Å². The van der Waals surface area contributed by atoms with E-state index >= 15 is 0 Å². The van der Waals surface area contributed by atoms with Crippen LogP contribution >= 0.6 is 0 Å². The summed E-state index contributed by atoms with van der Waals surface area (Å²) in [5.41, 5.74) is 2.93. The standard InChI is InChI=1S/C26H36FNO/c1-2-20-10-12-23(13-11-20)24-14-16-26(17-15-24)29-19-22-8-6-21(7-9-22)4-3-5-25(27)18-28/h5,10-13,21-22,24,26H,2-4,6-9,14-17,19H2,1H3/b25-5-/t21-,22-,24-,26-. The van der Waals surface area contributed by atoms with Gasteiger partial charge in [0.15, 0.2) is 5.83 Å². The van der Waals surface area contributed by atoms with Gasteiger partial charge in [-0.05, 0) is 92.7 Å². The Hall–Kier alpha value is -1.66. The maximum atomic E-state index is 12.9. The lowest BCUT2D eigenvalue weighted by Crippen LogP contribution is -2.25. The molecule has 2 aliphatic rings. The number of aryl methyl sites for hydroxylation is 1. The van der Waals surface area contributed by atoms with E-state index in [0.29, 0.717) is 30.3 Å². The van der Waals surface area contributed by atoms with Gasteiger partial charge in [0.05, 0.1) is 6.10 Å². The Morgan fingerprint density at radius 3 is 2.31 bits per heavy atom. The molecule has 0 N–H and O–H groups in total. The lowest BCUT2D eigenvalue weighted by Gasteiger charge is -2.32. The molecule has 0 atom stereocenters. The number of hydrogen-bond acceptors (Lipinski definition) is 2. The largest absolute Gasteiger partial charge is 0.378 e. The molecule has 2 fully saturated rings. The molecular weight excluding hydrogens is 361 g/mol. The van der Waals surface area contributed by atoms with Crippen molar-refractivity contribution in [1.82, 2.24) is 0 Å². The molecule has 0 aliphatic heterocycles. The Morgan fingerprint density at radius 2 is 1.69 bits per heavy atom. The molecule has 1 aromatic carbocycles. The van der Waals surface area contributed by atoms with Gasteiger partial charge in [-0.3, -0.25) is 0 Å². The highest BCUT2D eigenvalue weighted by Gasteiger charge is 2.25. The van der Waals surface area contributed by atoms with E-state index in [-0.39, 0.29) is 0 Å². The minimum atomic E-state index is -0.639. The molecule has 0 radical (unpaired) electrons. The van der Waals surface area contributed by atoms with Gasteiger partial charge < -0.3 is 4.74 Å². The molecule has 29 heavy (non-hydrogen) atoms. The van der Waals surface area contributed by atoms with Crippen molar-refractivity contribution >= 4 is 0 Å². The molecule has 3 heteroatoms. The molecule has 0 amide bonds. The average Bonchev–Trinajstić information content (AvgIpc) is 2.79. The molecule has 0 aromatic heterocycles. The molecule has 0 heterocycles. The highest BCUT2D eigenvalue weighted by Crippen LogP contribution is 2.36. The molecule has 0 unspecified atom stereocenters. The third-order valence-corrected chi connectivity index (χ3v) is 7.07. The van der Waals surface area contributed by atoms with Crippen molar-refractivity contribution in [2.75, 3.05) is 6.61 Å². The predicted octanol–water partition coefficient (Wildman–Crippen LogP) is 7.26. The second-order valence-electron chi connectivity index (χ2n) is 9.03. The average molecular weight is 398 g/mol. The zero-order valence-corrected chi connectivity index (χ0v) is 17.9. The van der Waals surface area contributed by atoms with Crippen LogP contribution in [-0.2, 0) is 11.2 Å². The summed E-state index contributed by atoms with van der Waals surface area (Å²) in [6.45, 7) is 3.12. The summed E-state index contributed by atoms with van der Waals surface area (Å²) in [7, 11) is 0. The van der Waals surface area contributed by atoms with Crippen LogP contribution in [0, 0.1) is 23.2 Å². The van der Waals surface area contributed by atoms with Gasteiger partial charge in [-0.25, -0.2) is 0 Å². The number of nitrogens with zero attached hydrogens (tertiary/aromatic N) is 1. The monoisotopic (exact) mass is 397 g/mol. The highest BCUT2D eigenvalue weighted by atomic mass is 19.1. The first-order chi connectivity index (χ1) is 14.2. The summed E-state index contributed by atoms with van der Waals surface area (Å²) >= 11 is 0. The Kier molecular flexibility index (Phi) is 8.74. The normalized spacial score (nSPS) is 28.1. The summed E-state index contributed by atoms with van der Waals surface area (Å²) in [5, 5.41) is 8.46. The predicted molar refractivity (Wildman–Crippen MR) is 116 cm³/mol. The number of nitriles is 1. The summed E-state index contributed by atoms with van der Waals surface area (Å²) in [4.78, 5) is 0. The Bertz CT molecular complexity index is 674. The fraction of sp³-hybridized carbons (Fsp3) is 0.654. The summed E-state index contributed by atoms with van der Waals surface area (Å²) < 4.78 is 19.2. The van der Waals surface area contributed by atoms with Crippen LogP contribution in [0.3, 0.4) is 0 Å². The maximum Gasteiger partial charge on any atom is 0.196 e. The van der Waals surface area contributed by atoms with Crippen LogP contribution in [0.15, 0.2) is 36.2 Å². The molecule has 2 saturated carbocycles. The van der Waals surface area contributed by atoms with Gasteiger partial charge in [-0.1, -0.05) is 44.0 Å². The van der Waals surface area contributed by atoms with Crippen LogP contribution in [0.1, 0.15) is 88.2 Å². The van der Waals surface area contributed by atoms with Gasteiger partial charge in [-0.2, -0.15) is 9.65 Å². The van der Waals surface area contributed by atoms with E-state index in [0.717, 1.165) is 19.4 Å². The second kappa shape index (κ2) is 11.5. The summed E-state index contributed by atoms with van der Waals surface area (Å²) in [5.74, 6) is 1.44. The minimum absolute atomic E-state index is 0.443. The number of hydrogen-bond donors (Lipinski definition) is 0. The SMILES string of the molecule is CCc1ccc([C@H]2CC[C@H](OC[C@H]3CC[C@H](CC/C=C(\F)C#N)CC3)CC2)cc1. The van der Waals surface area contributed by atoms with Crippen LogP contribution in [0.5, 0.6) is 0 Å². The van der Waals surface area contributed by atoms with Crippen molar-refractivity contribution in [2.24, 2.45) is 11.8 Å². The Morgan fingerprint density at radius 1 is 1.03 bits per heavy atom. The first-order valence-electron chi connectivity index (χ1n) is 11.6. The molecule has 0 saturated heterocycles.